The van der Waals surface area contributed by atoms with Gasteiger partial charge in [-0.15, -0.1) is 0 Å². The van der Waals surface area contributed by atoms with Gasteiger partial charge in [0, 0.05) is 57.5 Å². The van der Waals surface area contributed by atoms with Crippen molar-refractivity contribution >= 4 is 17.9 Å². The molecule has 27 heavy (non-hydrogen) atoms. The number of carboxylic acid groups (broad SMARTS) is 1. The second-order valence-electron chi connectivity index (χ2n) is 7.29. The highest BCUT2D eigenvalue weighted by Crippen LogP contribution is 2.25. The van der Waals surface area contributed by atoms with Crippen LogP contribution in [0.4, 0.5) is 5.69 Å². The summed E-state index contributed by atoms with van der Waals surface area (Å²) < 4.78 is 0. The second-order valence-corrected chi connectivity index (χ2v) is 7.29. The van der Waals surface area contributed by atoms with Crippen molar-refractivity contribution in [1.82, 2.24) is 9.80 Å². The normalized spacial score (nSPS) is 20.4. The molecular weight excluding hydrogens is 344 g/mol. The zero-order valence-electron chi connectivity index (χ0n) is 15.8. The molecule has 0 unspecified atom stereocenters. The van der Waals surface area contributed by atoms with Crippen LogP contribution in [0.2, 0.25) is 0 Å². The zero-order valence-corrected chi connectivity index (χ0v) is 15.8. The molecule has 1 aromatic carbocycles. The van der Waals surface area contributed by atoms with Gasteiger partial charge in [-0.2, -0.15) is 5.10 Å². The number of piperazine rings is 1. The molecule has 8 nitrogen and oxygen atoms in total. The topological polar surface area (TPSA) is 111 Å². The van der Waals surface area contributed by atoms with E-state index >= 15 is 0 Å². The van der Waals surface area contributed by atoms with E-state index in [-0.39, 0.29) is 6.54 Å². The van der Waals surface area contributed by atoms with Crippen molar-refractivity contribution in [3.63, 3.8) is 0 Å². The maximum absolute atomic E-state index is 10.9. The van der Waals surface area contributed by atoms with Gasteiger partial charge in [-0.3, -0.25) is 14.6 Å². The predicted molar refractivity (Wildman–Crippen MR) is 107 cm³/mol. The molecule has 2 heterocycles. The van der Waals surface area contributed by atoms with Crippen LogP contribution in [0.15, 0.2) is 23.3 Å². The number of carbonyl (C=O) groups is 1. The highest BCUT2D eigenvalue weighted by atomic mass is 16.4. The molecule has 2 aliphatic rings. The Labute approximate surface area is 160 Å². The van der Waals surface area contributed by atoms with E-state index < -0.39 is 5.97 Å². The average Bonchev–Trinajstić information content (AvgIpc) is 2.68. The maximum Gasteiger partial charge on any atom is 0.317 e. The Bertz CT molecular complexity index is 664. The molecule has 0 amide bonds. The Hall–Kier alpha value is -2.16. The fourth-order valence-corrected chi connectivity index (χ4v) is 4.21. The highest BCUT2D eigenvalue weighted by Gasteiger charge is 2.28. The van der Waals surface area contributed by atoms with E-state index in [0.717, 1.165) is 63.2 Å². The Morgan fingerprint density at radius 2 is 1.89 bits per heavy atom. The number of hydrogen-bond donors (Lipinski definition) is 3. The molecule has 2 saturated heterocycles. The SMILES string of the molecule is NCc1cc(C=NN)ccc1N1CCN(C2CCN(CC(=O)O)CC2)CC1. The fraction of sp³-hybridized carbons (Fsp3) is 0.579. The summed E-state index contributed by atoms with van der Waals surface area (Å²) in [6.07, 6.45) is 3.74. The summed E-state index contributed by atoms with van der Waals surface area (Å²) in [5.74, 6) is 4.51. The van der Waals surface area contributed by atoms with Crippen molar-refractivity contribution in [2.45, 2.75) is 25.4 Å². The molecule has 0 spiro atoms. The number of hydrogen-bond acceptors (Lipinski definition) is 7. The molecule has 0 bridgehead atoms. The van der Waals surface area contributed by atoms with E-state index in [4.69, 9.17) is 16.7 Å². The van der Waals surface area contributed by atoms with Gasteiger partial charge in [0.2, 0.25) is 0 Å². The number of rotatable bonds is 6. The third-order valence-electron chi connectivity index (χ3n) is 5.63. The molecular formula is C19H30N6O2. The molecule has 2 aliphatic heterocycles. The molecule has 148 valence electrons. The number of hydrazone groups is 1. The lowest BCUT2D eigenvalue weighted by Crippen LogP contribution is -2.53. The number of likely N-dealkylation sites (tertiary alicyclic amines) is 1. The summed E-state index contributed by atoms with van der Waals surface area (Å²) in [5.41, 5.74) is 9.23. The standard InChI is InChI=1S/C19H30N6O2/c20-12-16-11-15(13-22-21)1-2-18(16)25-9-7-24(8-10-25)17-3-5-23(6-4-17)14-19(26)27/h1-2,11,13,17H,3-10,12,14,20-21H2,(H,26,27). The van der Waals surface area contributed by atoms with Crippen molar-refractivity contribution in [3.05, 3.63) is 29.3 Å². The molecule has 8 heteroatoms. The molecule has 5 N–H and O–H groups in total. The first kappa shape index (κ1) is 19.6. The number of nitrogens with two attached hydrogens (primary N) is 2. The maximum atomic E-state index is 10.9. The third kappa shape index (κ3) is 4.97. The lowest BCUT2D eigenvalue weighted by Gasteiger charge is -2.43. The van der Waals surface area contributed by atoms with Crippen LogP contribution in [0.3, 0.4) is 0 Å². The van der Waals surface area contributed by atoms with Crippen LogP contribution in [-0.4, -0.2) is 78.9 Å². The summed E-state index contributed by atoms with van der Waals surface area (Å²) in [4.78, 5) is 17.9. The number of anilines is 1. The minimum absolute atomic E-state index is 0.160. The number of aliphatic carboxylic acids is 1. The van der Waals surface area contributed by atoms with Crippen LogP contribution < -0.4 is 16.5 Å². The first-order chi connectivity index (χ1) is 13.1. The van der Waals surface area contributed by atoms with Gasteiger partial charge < -0.3 is 21.6 Å². The van der Waals surface area contributed by atoms with Gasteiger partial charge in [-0.25, -0.2) is 0 Å². The van der Waals surface area contributed by atoms with Gasteiger partial charge in [0.25, 0.3) is 0 Å². The highest BCUT2D eigenvalue weighted by molar-refractivity contribution is 5.81. The zero-order chi connectivity index (χ0) is 19.2. The summed E-state index contributed by atoms with van der Waals surface area (Å²) in [5, 5.41) is 12.5. The van der Waals surface area contributed by atoms with Crippen LogP contribution in [0.25, 0.3) is 0 Å². The summed E-state index contributed by atoms with van der Waals surface area (Å²) in [7, 11) is 0. The van der Waals surface area contributed by atoms with Crippen LogP contribution in [-0.2, 0) is 11.3 Å². The van der Waals surface area contributed by atoms with Gasteiger partial charge in [-0.05, 0) is 36.1 Å². The average molecular weight is 374 g/mol. The smallest absolute Gasteiger partial charge is 0.317 e. The van der Waals surface area contributed by atoms with Crippen molar-refractivity contribution in [3.8, 4) is 0 Å². The van der Waals surface area contributed by atoms with E-state index in [1.54, 1.807) is 6.21 Å². The van der Waals surface area contributed by atoms with Crippen LogP contribution in [0, 0.1) is 0 Å². The first-order valence-corrected chi connectivity index (χ1v) is 9.60. The molecule has 3 rings (SSSR count). The monoisotopic (exact) mass is 374 g/mol. The van der Waals surface area contributed by atoms with Crippen molar-refractivity contribution in [2.75, 3.05) is 50.7 Å². The number of carboxylic acids is 1. The minimum Gasteiger partial charge on any atom is -0.480 e. The largest absolute Gasteiger partial charge is 0.480 e. The Balaban J connectivity index is 1.54. The van der Waals surface area contributed by atoms with Gasteiger partial charge in [0.05, 0.1) is 12.8 Å². The quantitative estimate of drug-likeness (QED) is 0.368. The van der Waals surface area contributed by atoms with E-state index in [9.17, 15) is 4.79 Å². The Kier molecular flexibility index (Phi) is 6.65. The summed E-state index contributed by atoms with van der Waals surface area (Å²) in [6.45, 7) is 6.41. The molecule has 0 saturated carbocycles. The Morgan fingerprint density at radius 1 is 1.19 bits per heavy atom. The lowest BCUT2D eigenvalue weighted by molar-refractivity contribution is -0.138. The van der Waals surface area contributed by atoms with Gasteiger partial charge >= 0.3 is 5.97 Å². The van der Waals surface area contributed by atoms with Crippen LogP contribution >= 0.6 is 0 Å². The molecule has 2 fully saturated rings. The number of piperidine rings is 1. The van der Waals surface area contributed by atoms with E-state index in [2.05, 4.69) is 27.0 Å². The van der Waals surface area contributed by atoms with E-state index in [0.29, 0.717) is 12.6 Å². The molecule has 1 aromatic rings. The lowest BCUT2D eigenvalue weighted by atomic mass is 10.0. The molecule has 0 radical (unpaired) electrons. The van der Waals surface area contributed by atoms with Crippen molar-refractivity contribution in [1.29, 1.82) is 0 Å². The van der Waals surface area contributed by atoms with Gasteiger partial charge in [0.15, 0.2) is 0 Å². The first-order valence-electron chi connectivity index (χ1n) is 9.60. The number of nitrogens with zero attached hydrogens (tertiary/aromatic N) is 4. The van der Waals surface area contributed by atoms with E-state index in [1.165, 1.54) is 5.69 Å². The molecule has 0 aromatic heterocycles. The van der Waals surface area contributed by atoms with Gasteiger partial charge in [0.1, 0.15) is 0 Å². The van der Waals surface area contributed by atoms with Crippen LogP contribution in [0.5, 0.6) is 0 Å². The fourth-order valence-electron chi connectivity index (χ4n) is 4.21. The van der Waals surface area contributed by atoms with Crippen LogP contribution in [0.1, 0.15) is 24.0 Å². The summed E-state index contributed by atoms with van der Waals surface area (Å²) in [6, 6.07) is 6.75. The van der Waals surface area contributed by atoms with Crippen molar-refractivity contribution in [2.24, 2.45) is 16.7 Å². The van der Waals surface area contributed by atoms with Gasteiger partial charge in [-0.1, -0.05) is 6.07 Å². The Morgan fingerprint density at radius 3 is 2.48 bits per heavy atom. The van der Waals surface area contributed by atoms with E-state index in [1.807, 2.05) is 11.0 Å². The van der Waals surface area contributed by atoms with Crippen molar-refractivity contribution < 1.29 is 9.90 Å². The molecule has 0 aliphatic carbocycles. The summed E-state index contributed by atoms with van der Waals surface area (Å²) >= 11 is 0. The number of benzene rings is 1. The molecule has 0 atom stereocenters. The third-order valence-corrected chi connectivity index (χ3v) is 5.63. The predicted octanol–water partition coefficient (Wildman–Crippen LogP) is 0.109. The minimum atomic E-state index is -0.735. The second kappa shape index (κ2) is 9.16.